The number of amides is 2. The van der Waals surface area contributed by atoms with Gasteiger partial charge >= 0.3 is 12.0 Å². The van der Waals surface area contributed by atoms with E-state index in [2.05, 4.69) is 23.3 Å². The van der Waals surface area contributed by atoms with E-state index in [4.69, 9.17) is 5.11 Å². The van der Waals surface area contributed by atoms with E-state index in [-0.39, 0.29) is 12.5 Å². The van der Waals surface area contributed by atoms with Gasteiger partial charge in [0.15, 0.2) is 0 Å². The van der Waals surface area contributed by atoms with E-state index in [0.29, 0.717) is 21.8 Å². The van der Waals surface area contributed by atoms with Gasteiger partial charge in [0.2, 0.25) is 0 Å². The van der Waals surface area contributed by atoms with E-state index in [1.165, 1.54) is 0 Å². The number of benzene rings is 2. The van der Waals surface area contributed by atoms with E-state index >= 15 is 0 Å². The van der Waals surface area contributed by atoms with Gasteiger partial charge in [-0.3, -0.25) is 4.79 Å². The molecule has 0 aliphatic heterocycles. The highest BCUT2D eigenvalue weighted by Crippen LogP contribution is 2.19. The molecule has 5 nitrogen and oxygen atoms in total. The maximum atomic E-state index is 11.8. The van der Waals surface area contributed by atoms with Gasteiger partial charge in [-0.25, -0.2) is 4.79 Å². The van der Waals surface area contributed by atoms with Crippen LogP contribution >= 0.6 is 12.6 Å². The van der Waals surface area contributed by atoms with Crippen molar-refractivity contribution in [3.63, 3.8) is 0 Å². The standard InChI is InChI=1S/C15H14N2O3S/c18-14(19)9-10-5-7-11(8-6-10)16-15(20)17-12-3-1-2-4-13(12)21/h1-8,21H,9H2,(H,18,19)(H2,16,17,20). The normalized spacial score (nSPS) is 9.95. The van der Waals surface area contributed by atoms with E-state index in [0.717, 1.165) is 0 Å². The Morgan fingerprint density at radius 3 is 2.29 bits per heavy atom. The van der Waals surface area contributed by atoms with Gasteiger partial charge in [-0.05, 0) is 29.8 Å². The predicted octanol–water partition coefficient (Wildman–Crippen LogP) is 3.25. The number of carbonyl (C=O) groups excluding carboxylic acids is 1. The molecule has 6 heteroatoms. The highest BCUT2D eigenvalue weighted by atomic mass is 32.1. The molecule has 2 aromatic carbocycles. The highest BCUT2D eigenvalue weighted by Gasteiger charge is 2.05. The smallest absolute Gasteiger partial charge is 0.323 e. The first-order valence-corrected chi connectivity index (χ1v) is 6.66. The van der Waals surface area contributed by atoms with Crippen LogP contribution in [0.2, 0.25) is 0 Å². The molecular formula is C15H14N2O3S. The van der Waals surface area contributed by atoms with Crippen LogP contribution in [0.4, 0.5) is 16.2 Å². The molecule has 108 valence electrons. The molecule has 0 atom stereocenters. The lowest BCUT2D eigenvalue weighted by Crippen LogP contribution is -2.19. The summed E-state index contributed by atoms with van der Waals surface area (Å²) in [5.74, 6) is -0.890. The van der Waals surface area contributed by atoms with Crippen molar-refractivity contribution in [1.29, 1.82) is 0 Å². The van der Waals surface area contributed by atoms with Crippen LogP contribution in [0.5, 0.6) is 0 Å². The van der Waals surface area contributed by atoms with Gasteiger partial charge in [-0.1, -0.05) is 24.3 Å². The van der Waals surface area contributed by atoms with Gasteiger partial charge in [-0.2, -0.15) is 0 Å². The monoisotopic (exact) mass is 302 g/mol. The first-order chi connectivity index (χ1) is 10.0. The number of carboxylic acids is 1. The Morgan fingerprint density at radius 2 is 1.67 bits per heavy atom. The van der Waals surface area contributed by atoms with Crippen molar-refractivity contribution in [3.05, 3.63) is 54.1 Å². The average Bonchev–Trinajstić information content (AvgIpc) is 2.43. The summed E-state index contributed by atoms with van der Waals surface area (Å²) in [7, 11) is 0. The van der Waals surface area contributed by atoms with Crippen molar-refractivity contribution in [2.45, 2.75) is 11.3 Å². The molecule has 0 aromatic heterocycles. The molecule has 0 spiro atoms. The Morgan fingerprint density at radius 1 is 1.00 bits per heavy atom. The summed E-state index contributed by atoms with van der Waals surface area (Å²) in [5.41, 5.74) is 1.87. The van der Waals surface area contributed by atoms with Crippen LogP contribution in [0.15, 0.2) is 53.4 Å². The number of hydrogen-bond donors (Lipinski definition) is 4. The van der Waals surface area contributed by atoms with Crippen LogP contribution in [-0.4, -0.2) is 17.1 Å². The Balaban J connectivity index is 1.96. The zero-order valence-electron chi connectivity index (χ0n) is 11.0. The number of para-hydroxylation sites is 1. The second-order valence-corrected chi connectivity index (χ2v) is 4.85. The average molecular weight is 302 g/mol. The van der Waals surface area contributed by atoms with Crippen LogP contribution in [0.1, 0.15) is 5.56 Å². The Hall–Kier alpha value is -2.47. The molecule has 0 saturated carbocycles. The predicted molar refractivity (Wildman–Crippen MR) is 84.1 cm³/mol. The van der Waals surface area contributed by atoms with Gasteiger partial charge in [-0.15, -0.1) is 12.6 Å². The van der Waals surface area contributed by atoms with Gasteiger partial charge < -0.3 is 15.7 Å². The van der Waals surface area contributed by atoms with Gasteiger partial charge in [0.25, 0.3) is 0 Å². The third-order valence-corrected chi connectivity index (χ3v) is 3.11. The molecule has 0 radical (unpaired) electrons. The molecule has 3 N–H and O–H groups in total. The Labute approximate surface area is 127 Å². The fourth-order valence-electron chi connectivity index (χ4n) is 1.74. The third kappa shape index (κ3) is 4.54. The number of carboxylic acid groups (broad SMARTS) is 1. The third-order valence-electron chi connectivity index (χ3n) is 2.72. The van der Waals surface area contributed by atoms with Crippen LogP contribution in [0, 0.1) is 0 Å². The lowest BCUT2D eigenvalue weighted by atomic mass is 10.1. The molecule has 0 aliphatic carbocycles. The number of nitrogens with one attached hydrogen (secondary N) is 2. The van der Waals surface area contributed by atoms with Crippen molar-refractivity contribution in [3.8, 4) is 0 Å². The molecule has 0 unspecified atom stereocenters. The maximum absolute atomic E-state index is 11.8. The summed E-state index contributed by atoms with van der Waals surface area (Å²) < 4.78 is 0. The first kappa shape index (κ1) is 14.9. The summed E-state index contributed by atoms with van der Waals surface area (Å²) in [5, 5.41) is 14.0. The Kier molecular flexibility index (Phi) is 4.84. The summed E-state index contributed by atoms with van der Waals surface area (Å²) >= 11 is 4.25. The van der Waals surface area contributed by atoms with Crippen molar-refractivity contribution >= 4 is 36.0 Å². The molecule has 21 heavy (non-hydrogen) atoms. The molecule has 0 fully saturated rings. The lowest BCUT2D eigenvalue weighted by molar-refractivity contribution is -0.136. The van der Waals surface area contributed by atoms with E-state index < -0.39 is 5.97 Å². The number of aliphatic carboxylic acids is 1. The minimum Gasteiger partial charge on any atom is -0.481 e. The molecule has 0 heterocycles. The summed E-state index contributed by atoms with van der Waals surface area (Å²) in [6.45, 7) is 0. The van der Waals surface area contributed by atoms with Crippen molar-refractivity contribution < 1.29 is 14.7 Å². The van der Waals surface area contributed by atoms with Crippen molar-refractivity contribution in [1.82, 2.24) is 0 Å². The zero-order chi connectivity index (χ0) is 15.2. The minimum absolute atomic E-state index is 0.0422. The SMILES string of the molecule is O=C(O)Cc1ccc(NC(=O)Nc2ccccc2S)cc1. The van der Waals surface area contributed by atoms with E-state index in [1.54, 1.807) is 42.5 Å². The minimum atomic E-state index is -0.890. The second kappa shape index (κ2) is 6.81. The Bertz CT molecular complexity index is 656. The van der Waals surface area contributed by atoms with Crippen LogP contribution in [0.3, 0.4) is 0 Å². The van der Waals surface area contributed by atoms with Gasteiger partial charge in [0.1, 0.15) is 0 Å². The maximum Gasteiger partial charge on any atom is 0.323 e. The summed E-state index contributed by atoms with van der Waals surface area (Å²) in [6.07, 6.45) is -0.0422. The van der Waals surface area contributed by atoms with Crippen LogP contribution in [0.25, 0.3) is 0 Å². The van der Waals surface area contributed by atoms with Crippen LogP contribution in [-0.2, 0) is 11.2 Å². The molecular weight excluding hydrogens is 288 g/mol. The summed E-state index contributed by atoms with van der Waals surface area (Å²) in [4.78, 5) is 23.1. The molecule has 2 aromatic rings. The number of thiol groups is 1. The second-order valence-electron chi connectivity index (χ2n) is 4.36. The molecule has 2 amide bonds. The quantitative estimate of drug-likeness (QED) is 0.655. The number of carbonyl (C=O) groups is 2. The lowest BCUT2D eigenvalue weighted by Gasteiger charge is -2.09. The number of hydrogen-bond acceptors (Lipinski definition) is 3. The molecule has 0 aliphatic rings. The molecule has 2 rings (SSSR count). The highest BCUT2D eigenvalue weighted by molar-refractivity contribution is 7.80. The fourth-order valence-corrected chi connectivity index (χ4v) is 1.96. The topological polar surface area (TPSA) is 78.4 Å². The van der Waals surface area contributed by atoms with Crippen molar-refractivity contribution in [2.24, 2.45) is 0 Å². The van der Waals surface area contributed by atoms with E-state index in [1.807, 2.05) is 6.07 Å². The largest absolute Gasteiger partial charge is 0.481 e. The van der Waals surface area contributed by atoms with Gasteiger partial charge in [0.05, 0.1) is 12.1 Å². The zero-order valence-corrected chi connectivity index (χ0v) is 11.9. The number of urea groups is 1. The fraction of sp³-hybridized carbons (Fsp3) is 0.0667. The van der Waals surface area contributed by atoms with Crippen LogP contribution < -0.4 is 10.6 Å². The van der Waals surface area contributed by atoms with E-state index in [9.17, 15) is 9.59 Å². The summed E-state index contributed by atoms with van der Waals surface area (Å²) in [6, 6.07) is 13.4. The first-order valence-electron chi connectivity index (χ1n) is 6.21. The van der Waals surface area contributed by atoms with Gasteiger partial charge in [0, 0.05) is 10.6 Å². The molecule has 0 saturated heterocycles. The number of rotatable bonds is 4. The number of anilines is 2. The van der Waals surface area contributed by atoms with Crippen molar-refractivity contribution in [2.75, 3.05) is 10.6 Å². The molecule has 0 bridgehead atoms.